The number of nitrogens with zero attached hydrogens (tertiary/aromatic N) is 1. The van der Waals surface area contributed by atoms with E-state index in [0.717, 1.165) is 11.3 Å². The van der Waals surface area contributed by atoms with Gasteiger partial charge in [0.15, 0.2) is 0 Å². The van der Waals surface area contributed by atoms with E-state index in [-0.39, 0.29) is 6.54 Å². The highest BCUT2D eigenvalue weighted by Gasteiger charge is 2.50. The van der Waals surface area contributed by atoms with E-state index in [1.165, 1.54) is 0 Å². The molecular weight excluding hydrogens is 233 g/mol. The molecule has 0 aliphatic carbocycles. The van der Waals surface area contributed by atoms with Gasteiger partial charge in [0.2, 0.25) is 0 Å². The lowest BCUT2D eigenvalue weighted by Crippen LogP contribution is -2.61. The maximum absolute atomic E-state index is 12.6. The molecule has 0 bridgehead atoms. The van der Waals surface area contributed by atoms with Crippen LogP contribution in [0.3, 0.4) is 0 Å². The third-order valence-electron chi connectivity index (χ3n) is 3.87. The number of hydrogen-bond acceptors (Lipinski definition) is 2. The maximum atomic E-state index is 12.6. The molecule has 2 heterocycles. The number of amides is 1. The van der Waals surface area contributed by atoms with E-state index < -0.39 is 17.6 Å². The van der Waals surface area contributed by atoms with Crippen molar-refractivity contribution < 1.29 is 18.0 Å². The summed E-state index contributed by atoms with van der Waals surface area (Å²) in [7, 11) is 0. The minimum Gasteiger partial charge on any atom is -0.329 e. The molecule has 1 amide bonds. The van der Waals surface area contributed by atoms with E-state index in [9.17, 15) is 18.0 Å². The molecule has 1 N–H and O–H groups in total. The van der Waals surface area contributed by atoms with Crippen LogP contribution in [-0.4, -0.2) is 42.2 Å². The number of halogens is 3. The number of alkyl halides is 3. The van der Waals surface area contributed by atoms with Crippen molar-refractivity contribution in [3.8, 4) is 0 Å². The van der Waals surface area contributed by atoms with Crippen molar-refractivity contribution in [2.24, 2.45) is 0 Å². The molecule has 0 aromatic heterocycles. The summed E-state index contributed by atoms with van der Waals surface area (Å²) in [6, 6.07) is 0. The predicted molar refractivity (Wildman–Crippen MR) is 56.5 cm³/mol. The normalized spacial score (nSPS) is 25.0. The Labute approximate surface area is 98.3 Å². The molecule has 2 aliphatic heterocycles. The summed E-state index contributed by atoms with van der Waals surface area (Å²) in [4.78, 5) is 12.6. The van der Waals surface area contributed by atoms with Gasteiger partial charge in [-0.25, -0.2) is 0 Å². The molecule has 0 aromatic rings. The van der Waals surface area contributed by atoms with Gasteiger partial charge >= 0.3 is 12.1 Å². The van der Waals surface area contributed by atoms with E-state index in [4.69, 9.17) is 0 Å². The fraction of sp³-hybridized carbons (Fsp3) is 0.909. The molecule has 1 spiro atoms. The Hall–Kier alpha value is -0.780. The highest BCUT2D eigenvalue weighted by Crippen LogP contribution is 2.38. The van der Waals surface area contributed by atoms with E-state index in [1.807, 2.05) is 0 Å². The van der Waals surface area contributed by atoms with Crippen LogP contribution in [-0.2, 0) is 4.79 Å². The summed E-state index contributed by atoms with van der Waals surface area (Å²) < 4.78 is 37.7. The molecule has 0 radical (unpaired) electrons. The van der Waals surface area contributed by atoms with Crippen LogP contribution >= 0.6 is 0 Å². The van der Waals surface area contributed by atoms with Gasteiger partial charge in [0.05, 0.1) is 0 Å². The van der Waals surface area contributed by atoms with Gasteiger partial charge in [-0.15, -0.1) is 0 Å². The zero-order valence-corrected chi connectivity index (χ0v) is 9.65. The van der Waals surface area contributed by atoms with Gasteiger partial charge < -0.3 is 10.2 Å². The van der Waals surface area contributed by atoms with Gasteiger partial charge in [0.25, 0.3) is 0 Å². The molecular formula is C11H17F3N2O. The van der Waals surface area contributed by atoms with Crippen LogP contribution < -0.4 is 5.32 Å². The summed E-state index contributed by atoms with van der Waals surface area (Å²) in [5, 5.41) is 3.14. The molecule has 6 heteroatoms. The van der Waals surface area contributed by atoms with Crippen molar-refractivity contribution in [3.05, 3.63) is 0 Å². The van der Waals surface area contributed by atoms with Crippen LogP contribution in [0.1, 0.15) is 32.1 Å². The summed E-state index contributed by atoms with van der Waals surface area (Å²) in [5.41, 5.74) is -0.546. The van der Waals surface area contributed by atoms with Crippen LogP contribution in [0, 0.1) is 0 Å². The van der Waals surface area contributed by atoms with Crippen LogP contribution in [0.15, 0.2) is 0 Å². The largest absolute Gasteiger partial charge is 0.471 e. The van der Waals surface area contributed by atoms with Crippen molar-refractivity contribution in [3.63, 3.8) is 0 Å². The Balaban J connectivity index is 2.20. The first-order valence-corrected chi connectivity index (χ1v) is 6.05. The SMILES string of the molecule is O=C(N1CCCCC12CCNCC2)C(F)(F)F. The van der Waals surface area contributed by atoms with Gasteiger partial charge in [-0.05, 0) is 45.2 Å². The highest BCUT2D eigenvalue weighted by atomic mass is 19.4. The maximum Gasteiger partial charge on any atom is 0.471 e. The number of rotatable bonds is 0. The standard InChI is InChI=1S/C11H17F3N2O/c12-11(13,14)9(17)16-8-2-1-3-10(16)4-6-15-7-5-10/h15H,1-8H2. The quantitative estimate of drug-likeness (QED) is 0.709. The minimum atomic E-state index is -4.74. The first kappa shape index (κ1) is 12.7. The molecule has 98 valence electrons. The fourth-order valence-electron chi connectivity index (χ4n) is 2.98. The summed E-state index contributed by atoms with van der Waals surface area (Å²) in [6.07, 6.45) is -1.17. The molecule has 17 heavy (non-hydrogen) atoms. The minimum absolute atomic E-state index is 0.248. The zero-order chi connectivity index (χ0) is 12.5. The summed E-state index contributed by atoms with van der Waals surface area (Å²) in [5.74, 6) is -1.65. The Morgan fingerprint density at radius 1 is 1.12 bits per heavy atom. The van der Waals surface area contributed by atoms with Crippen molar-refractivity contribution in [1.29, 1.82) is 0 Å². The average molecular weight is 250 g/mol. The van der Waals surface area contributed by atoms with E-state index in [2.05, 4.69) is 5.32 Å². The Morgan fingerprint density at radius 2 is 1.76 bits per heavy atom. The lowest BCUT2D eigenvalue weighted by Gasteiger charge is -2.49. The Morgan fingerprint density at radius 3 is 2.35 bits per heavy atom. The van der Waals surface area contributed by atoms with Crippen molar-refractivity contribution >= 4 is 5.91 Å². The van der Waals surface area contributed by atoms with E-state index in [1.54, 1.807) is 0 Å². The van der Waals surface area contributed by atoms with Crippen molar-refractivity contribution in [2.75, 3.05) is 19.6 Å². The van der Waals surface area contributed by atoms with Gasteiger partial charge in [0, 0.05) is 12.1 Å². The molecule has 0 saturated carbocycles. The number of likely N-dealkylation sites (tertiary alicyclic amines) is 1. The second-order valence-electron chi connectivity index (χ2n) is 4.89. The predicted octanol–water partition coefficient (Wildman–Crippen LogP) is 1.68. The number of carbonyl (C=O) groups excluding carboxylic acids is 1. The zero-order valence-electron chi connectivity index (χ0n) is 9.65. The monoisotopic (exact) mass is 250 g/mol. The molecule has 2 aliphatic rings. The first-order valence-electron chi connectivity index (χ1n) is 6.05. The topological polar surface area (TPSA) is 32.3 Å². The lowest BCUT2D eigenvalue weighted by atomic mass is 9.79. The number of hydrogen-bond donors (Lipinski definition) is 1. The van der Waals surface area contributed by atoms with E-state index in [0.29, 0.717) is 38.8 Å². The van der Waals surface area contributed by atoms with Crippen LogP contribution in [0.25, 0.3) is 0 Å². The van der Waals surface area contributed by atoms with Crippen molar-refractivity contribution in [2.45, 2.75) is 43.8 Å². The van der Waals surface area contributed by atoms with Crippen LogP contribution in [0.5, 0.6) is 0 Å². The van der Waals surface area contributed by atoms with E-state index >= 15 is 0 Å². The van der Waals surface area contributed by atoms with Crippen LogP contribution in [0.4, 0.5) is 13.2 Å². The fourth-order valence-corrected chi connectivity index (χ4v) is 2.98. The average Bonchev–Trinajstić information content (AvgIpc) is 2.29. The highest BCUT2D eigenvalue weighted by molar-refractivity contribution is 5.82. The summed E-state index contributed by atoms with van der Waals surface area (Å²) in [6.45, 7) is 1.64. The molecule has 2 fully saturated rings. The van der Waals surface area contributed by atoms with Gasteiger partial charge in [-0.1, -0.05) is 0 Å². The van der Waals surface area contributed by atoms with Crippen LogP contribution in [0.2, 0.25) is 0 Å². The molecule has 3 nitrogen and oxygen atoms in total. The van der Waals surface area contributed by atoms with Gasteiger partial charge in [0.1, 0.15) is 0 Å². The van der Waals surface area contributed by atoms with Gasteiger partial charge in [-0.2, -0.15) is 13.2 Å². The Bertz CT molecular complexity index is 289. The lowest BCUT2D eigenvalue weighted by molar-refractivity contribution is -0.195. The Kier molecular flexibility index (Phi) is 3.34. The molecule has 2 rings (SSSR count). The molecule has 0 unspecified atom stereocenters. The first-order chi connectivity index (χ1) is 7.96. The number of carbonyl (C=O) groups is 1. The number of piperidine rings is 2. The smallest absolute Gasteiger partial charge is 0.329 e. The third kappa shape index (κ3) is 2.41. The summed E-state index contributed by atoms with van der Waals surface area (Å²) >= 11 is 0. The van der Waals surface area contributed by atoms with Gasteiger partial charge in [-0.3, -0.25) is 4.79 Å². The third-order valence-corrected chi connectivity index (χ3v) is 3.87. The molecule has 0 aromatic carbocycles. The second kappa shape index (κ2) is 4.48. The van der Waals surface area contributed by atoms with Crippen molar-refractivity contribution in [1.82, 2.24) is 10.2 Å². The second-order valence-corrected chi connectivity index (χ2v) is 4.89. The number of nitrogens with one attached hydrogen (secondary N) is 1. The molecule has 0 atom stereocenters. The molecule has 2 saturated heterocycles.